The molecule has 9 heteroatoms. The third-order valence-electron chi connectivity index (χ3n) is 5.77. The van der Waals surface area contributed by atoms with Gasteiger partial charge in [-0.25, -0.2) is 14.5 Å². The second-order valence-electron chi connectivity index (χ2n) is 7.01. The number of amides is 4. The highest BCUT2D eigenvalue weighted by atomic mass is 16.5. The van der Waals surface area contributed by atoms with Crippen molar-refractivity contribution in [3.63, 3.8) is 0 Å². The van der Waals surface area contributed by atoms with Crippen LogP contribution in [0.2, 0.25) is 0 Å². The molecule has 4 heterocycles. The number of likely N-dealkylation sites (tertiary alicyclic amines) is 1. The normalized spacial score (nSPS) is 25.4. The molecule has 0 spiro atoms. The van der Waals surface area contributed by atoms with Crippen molar-refractivity contribution in [2.75, 3.05) is 18.6 Å². The van der Waals surface area contributed by atoms with Crippen LogP contribution < -0.4 is 4.90 Å². The Morgan fingerprint density at radius 3 is 2.75 bits per heavy atom. The van der Waals surface area contributed by atoms with Crippen molar-refractivity contribution in [3.8, 4) is 0 Å². The van der Waals surface area contributed by atoms with Crippen molar-refractivity contribution in [2.24, 2.45) is 0 Å². The van der Waals surface area contributed by atoms with E-state index in [9.17, 15) is 14.4 Å². The molecule has 3 atom stereocenters. The molecule has 3 aliphatic rings. The molecular weight excluding hydrogens is 362 g/mol. The SMILES string of the molecule is [C-]#[N+]c1ncc(N2C(=O)[C@H]3C4CC(CN4C(=O)OC)N3C2=O)c2ccccc12. The van der Waals surface area contributed by atoms with E-state index in [-0.39, 0.29) is 23.8 Å². The van der Waals surface area contributed by atoms with Crippen LogP contribution in [0.15, 0.2) is 30.5 Å². The first-order valence-electron chi connectivity index (χ1n) is 8.83. The standard InChI is InChI=1S/C19H15N5O4/c1-20-16-12-6-4-3-5-11(12)14(8-21-16)24-17(25)15-13-7-10(23(15)18(24)26)9-22(13)19(27)28-2/h3-6,8,10,13,15H,7,9H2,2H3/t10?,13?,15-/m1/s1. The van der Waals surface area contributed by atoms with E-state index in [4.69, 9.17) is 11.3 Å². The molecular formula is C19H15N5O4. The maximum absolute atomic E-state index is 13.2. The van der Waals surface area contributed by atoms with Crippen molar-refractivity contribution >= 4 is 40.3 Å². The van der Waals surface area contributed by atoms with Crippen LogP contribution in [0.1, 0.15) is 6.42 Å². The van der Waals surface area contributed by atoms with Crippen molar-refractivity contribution in [1.29, 1.82) is 0 Å². The molecule has 3 saturated heterocycles. The highest BCUT2D eigenvalue weighted by Gasteiger charge is 2.63. The Morgan fingerprint density at radius 2 is 2.04 bits per heavy atom. The fourth-order valence-corrected chi connectivity index (χ4v) is 4.64. The average Bonchev–Trinajstić information content (AvgIpc) is 3.38. The van der Waals surface area contributed by atoms with Crippen LogP contribution in [0.4, 0.5) is 21.1 Å². The fourth-order valence-electron chi connectivity index (χ4n) is 4.64. The molecule has 4 amide bonds. The van der Waals surface area contributed by atoms with Gasteiger partial charge in [0.25, 0.3) is 11.7 Å². The smallest absolute Gasteiger partial charge is 0.409 e. The van der Waals surface area contributed by atoms with Crippen molar-refractivity contribution < 1.29 is 19.1 Å². The highest BCUT2D eigenvalue weighted by Crippen LogP contribution is 2.44. The zero-order valence-corrected chi connectivity index (χ0v) is 14.9. The number of carbonyl (C=O) groups is 3. The summed E-state index contributed by atoms with van der Waals surface area (Å²) in [6, 6.07) is 5.35. The van der Waals surface area contributed by atoms with E-state index in [1.807, 2.05) is 0 Å². The fraction of sp³-hybridized carbons (Fsp3) is 0.316. The number of hydrogen-bond donors (Lipinski definition) is 0. The summed E-state index contributed by atoms with van der Waals surface area (Å²) in [6.45, 7) is 7.64. The van der Waals surface area contributed by atoms with Gasteiger partial charge < -0.3 is 19.4 Å². The lowest BCUT2D eigenvalue weighted by atomic mass is 10.1. The van der Waals surface area contributed by atoms with E-state index >= 15 is 0 Å². The molecule has 0 N–H and O–H groups in total. The first-order valence-corrected chi connectivity index (χ1v) is 8.83. The molecule has 1 aromatic heterocycles. The van der Waals surface area contributed by atoms with Crippen LogP contribution >= 0.6 is 0 Å². The molecule has 2 aromatic rings. The molecule has 1 aromatic carbocycles. The van der Waals surface area contributed by atoms with E-state index < -0.39 is 18.2 Å². The summed E-state index contributed by atoms with van der Waals surface area (Å²) in [4.78, 5) is 50.2. The number of anilines is 1. The average molecular weight is 377 g/mol. The number of benzene rings is 1. The number of methoxy groups -OCH3 is 1. The van der Waals surface area contributed by atoms with Crippen molar-refractivity contribution in [3.05, 3.63) is 41.9 Å². The van der Waals surface area contributed by atoms with E-state index in [0.29, 0.717) is 29.4 Å². The molecule has 140 valence electrons. The van der Waals surface area contributed by atoms with Crippen LogP contribution in [0, 0.1) is 6.57 Å². The number of pyridine rings is 1. The van der Waals surface area contributed by atoms with E-state index in [0.717, 1.165) is 4.90 Å². The lowest BCUT2D eigenvalue weighted by Crippen LogP contribution is -2.54. The van der Waals surface area contributed by atoms with Gasteiger partial charge in [-0.3, -0.25) is 4.79 Å². The second-order valence-corrected chi connectivity index (χ2v) is 7.01. The number of rotatable bonds is 1. The molecule has 5 rings (SSSR count). The van der Waals surface area contributed by atoms with Gasteiger partial charge in [0, 0.05) is 17.3 Å². The summed E-state index contributed by atoms with van der Waals surface area (Å²) in [5.74, 6) is -0.163. The Labute approximate surface area is 159 Å². The first kappa shape index (κ1) is 16.5. The first-order chi connectivity index (χ1) is 13.6. The number of nitrogens with zero attached hydrogens (tertiary/aromatic N) is 5. The van der Waals surface area contributed by atoms with Gasteiger partial charge in [0.15, 0.2) is 0 Å². The van der Waals surface area contributed by atoms with Crippen LogP contribution in [0.5, 0.6) is 0 Å². The summed E-state index contributed by atoms with van der Waals surface area (Å²) in [5.41, 5.74) is 0.358. The summed E-state index contributed by atoms with van der Waals surface area (Å²) in [7, 11) is 1.30. The summed E-state index contributed by atoms with van der Waals surface area (Å²) >= 11 is 0. The Balaban J connectivity index is 1.59. The maximum Gasteiger partial charge on any atom is 0.409 e. The van der Waals surface area contributed by atoms with Gasteiger partial charge >= 0.3 is 12.1 Å². The molecule has 28 heavy (non-hydrogen) atoms. The number of piperazine rings is 1. The molecule has 0 saturated carbocycles. The van der Waals surface area contributed by atoms with E-state index in [1.54, 1.807) is 29.2 Å². The minimum absolute atomic E-state index is 0.211. The van der Waals surface area contributed by atoms with Gasteiger partial charge in [-0.05, 0) is 6.42 Å². The number of urea groups is 1. The van der Waals surface area contributed by atoms with Crippen LogP contribution in [-0.4, -0.2) is 64.6 Å². The molecule has 2 unspecified atom stereocenters. The predicted octanol–water partition coefficient (Wildman–Crippen LogP) is 2.15. The Bertz CT molecular complexity index is 1090. The Hall–Kier alpha value is -3.67. The van der Waals surface area contributed by atoms with Gasteiger partial charge in [0.05, 0.1) is 19.2 Å². The number of ether oxygens (including phenoxy) is 1. The minimum atomic E-state index is -0.718. The third-order valence-corrected chi connectivity index (χ3v) is 5.77. The zero-order chi connectivity index (χ0) is 19.6. The number of aromatic nitrogens is 1. The van der Waals surface area contributed by atoms with Gasteiger partial charge in [-0.15, -0.1) is 4.98 Å². The van der Waals surface area contributed by atoms with E-state index in [1.165, 1.54) is 18.2 Å². The summed E-state index contributed by atoms with van der Waals surface area (Å²) in [5, 5.41) is 1.20. The van der Waals surface area contributed by atoms with Crippen molar-refractivity contribution in [2.45, 2.75) is 24.5 Å². The number of carbonyl (C=O) groups excluding carboxylic acids is 3. The summed E-state index contributed by atoms with van der Waals surface area (Å²) < 4.78 is 4.81. The second kappa shape index (κ2) is 5.66. The van der Waals surface area contributed by atoms with Crippen LogP contribution in [0.25, 0.3) is 15.6 Å². The minimum Gasteiger partial charge on any atom is -0.453 e. The maximum atomic E-state index is 13.2. The molecule has 3 aliphatic heterocycles. The lowest BCUT2D eigenvalue weighted by Gasteiger charge is -2.33. The summed E-state index contributed by atoms with van der Waals surface area (Å²) in [6.07, 6.45) is 1.48. The monoisotopic (exact) mass is 377 g/mol. The molecule has 3 fully saturated rings. The number of fused-ring (bicyclic) bond motifs is 6. The van der Waals surface area contributed by atoms with Gasteiger partial charge in [-0.1, -0.05) is 30.8 Å². The largest absolute Gasteiger partial charge is 0.453 e. The molecule has 9 nitrogen and oxygen atoms in total. The van der Waals surface area contributed by atoms with Crippen LogP contribution in [0.3, 0.4) is 0 Å². The molecule has 2 bridgehead atoms. The van der Waals surface area contributed by atoms with Gasteiger partial charge in [0.2, 0.25) is 0 Å². The van der Waals surface area contributed by atoms with Gasteiger partial charge in [0.1, 0.15) is 17.9 Å². The Morgan fingerprint density at radius 1 is 1.29 bits per heavy atom. The van der Waals surface area contributed by atoms with Gasteiger partial charge in [-0.2, -0.15) is 0 Å². The quantitative estimate of drug-likeness (QED) is 0.561. The molecule has 0 aliphatic carbocycles. The zero-order valence-electron chi connectivity index (χ0n) is 14.9. The predicted molar refractivity (Wildman–Crippen MR) is 97.8 cm³/mol. The van der Waals surface area contributed by atoms with E-state index in [2.05, 4.69) is 9.83 Å². The number of hydrogen-bond acceptors (Lipinski definition) is 5. The topological polar surface area (TPSA) is 87.4 Å². The third kappa shape index (κ3) is 1.94. The van der Waals surface area contributed by atoms with Crippen LogP contribution in [-0.2, 0) is 9.53 Å². The number of imide groups is 1. The lowest BCUT2D eigenvalue weighted by molar-refractivity contribution is -0.121. The highest BCUT2D eigenvalue weighted by molar-refractivity contribution is 6.25. The Kier molecular flexibility index (Phi) is 3.34. The molecule has 0 radical (unpaired) electrons. The van der Waals surface area contributed by atoms with Crippen molar-refractivity contribution in [1.82, 2.24) is 14.8 Å².